The van der Waals surface area contributed by atoms with Crippen LogP contribution in [0, 0.1) is 6.92 Å². The van der Waals surface area contributed by atoms with Gasteiger partial charge in [0.25, 0.3) is 0 Å². The minimum Gasteiger partial charge on any atom is -0.376 e. The number of aromatic nitrogens is 3. The second-order valence-electron chi connectivity index (χ2n) is 9.34. The quantitative estimate of drug-likeness (QED) is 0.435. The van der Waals surface area contributed by atoms with Crippen molar-refractivity contribution in [3.8, 4) is 0 Å². The SMILES string of the molecule is Cc1ccc(NC(=O)[C@@H](Sc2nnc(N3CCCCC3)n2C[C@@H]2CCCO2)c2ccccc2)cc1. The molecular formula is C27H33N5O2S. The Hall–Kier alpha value is -2.84. The lowest BCUT2D eigenvalue weighted by molar-refractivity contribution is -0.115. The van der Waals surface area contributed by atoms with Gasteiger partial charge >= 0.3 is 0 Å². The molecule has 1 aromatic heterocycles. The van der Waals surface area contributed by atoms with Crippen LogP contribution in [-0.2, 0) is 16.1 Å². The topological polar surface area (TPSA) is 72.3 Å². The first kappa shape index (κ1) is 23.9. The van der Waals surface area contributed by atoms with Gasteiger partial charge in [0.15, 0.2) is 5.16 Å². The minimum atomic E-state index is -0.459. The normalized spacial score (nSPS) is 19.0. The smallest absolute Gasteiger partial charge is 0.242 e. The molecule has 0 aliphatic carbocycles. The summed E-state index contributed by atoms with van der Waals surface area (Å²) >= 11 is 1.46. The number of nitrogens with zero attached hydrogens (tertiary/aromatic N) is 4. The van der Waals surface area contributed by atoms with Gasteiger partial charge in [-0.1, -0.05) is 59.8 Å². The Morgan fingerprint density at radius 1 is 1.06 bits per heavy atom. The van der Waals surface area contributed by atoms with Gasteiger partial charge in [-0.3, -0.25) is 9.36 Å². The highest BCUT2D eigenvalue weighted by molar-refractivity contribution is 8.00. The van der Waals surface area contributed by atoms with Gasteiger partial charge in [0.2, 0.25) is 11.9 Å². The summed E-state index contributed by atoms with van der Waals surface area (Å²) in [5, 5.41) is 12.6. The molecule has 0 saturated carbocycles. The van der Waals surface area contributed by atoms with E-state index in [1.807, 2.05) is 61.5 Å². The molecule has 0 unspecified atom stereocenters. The summed E-state index contributed by atoms with van der Waals surface area (Å²) in [4.78, 5) is 15.9. The third-order valence-corrected chi connectivity index (χ3v) is 7.86. The van der Waals surface area contributed by atoms with Crippen molar-refractivity contribution in [1.82, 2.24) is 14.8 Å². The number of rotatable bonds is 8. The molecule has 2 fully saturated rings. The van der Waals surface area contributed by atoms with Crippen LogP contribution in [0.5, 0.6) is 0 Å². The summed E-state index contributed by atoms with van der Waals surface area (Å²) in [6, 6.07) is 17.8. The van der Waals surface area contributed by atoms with E-state index in [1.165, 1.54) is 31.0 Å². The van der Waals surface area contributed by atoms with Gasteiger partial charge in [-0.15, -0.1) is 10.2 Å². The van der Waals surface area contributed by atoms with E-state index in [9.17, 15) is 4.79 Å². The molecule has 1 amide bonds. The van der Waals surface area contributed by atoms with Crippen LogP contribution in [0.3, 0.4) is 0 Å². The van der Waals surface area contributed by atoms with Gasteiger partial charge in [-0.25, -0.2) is 0 Å². The van der Waals surface area contributed by atoms with Crippen molar-refractivity contribution in [2.24, 2.45) is 0 Å². The van der Waals surface area contributed by atoms with Crippen LogP contribution in [0.15, 0.2) is 59.8 Å². The standard InChI is InChI=1S/C27H33N5O2S/c1-20-12-14-22(15-13-20)28-25(33)24(21-9-4-2-5-10-21)35-27-30-29-26(31-16-6-3-7-17-31)32(27)19-23-11-8-18-34-23/h2,4-5,9-10,12-15,23-24H,3,6-8,11,16-19H2,1H3,(H,28,33)/t23-,24-/m0/s1. The van der Waals surface area contributed by atoms with Crippen molar-refractivity contribution in [3.63, 3.8) is 0 Å². The van der Waals surface area contributed by atoms with Crippen molar-refractivity contribution in [2.75, 3.05) is 29.9 Å². The molecule has 5 rings (SSSR count). The summed E-state index contributed by atoms with van der Waals surface area (Å²) in [6.07, 6.45) is 5.87. The first-order chi connectivity index (χ1) is 17.2. The van der Waals surface area contributed by atoms with Crippen molar-refractivity contribution < 1.29 is 9.53 Å². The number of amides is 1. The number of thioether (sulfide) groups is 1. The average molecular weight is 492 g/mol. The Bertz CT molecular complexity index is 1110. The molecular weight excluding hydrogens is 458 g/mol. The van der Waals surface area contributed by atoms with E-state index in [2.05, 4.69) is 25.0 Å². The fourth-order valence-corrected chi connectivity index (χ4v) is 5.74. The number of hydrogen-bond donors (Lipinski definition) is 1. The van der Waals surface area contributed by atoms with Crippen LogP contribution < -0.4 is 10.2 Å². The van der Waals surface area contributed by atoms with Crippen molar-refractivity contribution in [2.45, 2.75) is 62.1 Å². The highest BCUT2D eigenvalue weighted by Gasteiger charge is 2.29. The summed E-state index contributed by atoms with van der Waals surface area (Å²) in [7, 11) is 0. The molecule has 0 radical (unpaired) electrons. The Balaban J connectivity index is 1.44. The van der Waals surface area contributed by atoms with Crippen LogP contribution in [0.4, 0.5) is 11.6 Å². The second kappa shape index (κ2) is 11.3. The number of carbonyl (C=O) groups excluding carboxylic acids is 1. The van der Waals surface area contributed by atoms with Crippen molar-refractivity contribution in [1.29, 1.82) is 0 Å². The summed E-state index contributed by atoms with van der Waals surface area (Å²) < 4.78 is 8.15. The lowest BCUT2D eigenvalue weighted by Crippen LogP contribution is -2.33. The summed E-state index contributed by atoms with van der Waals surface area (Å²) in [5.74, 6) is 0.824. The van der Waals surface area contributed by atoms with Crippen molar-refractivity contribution in [3.05, 3.63) is 65.7 Å². The third kappa shape index (κ3) is 5.87. The van der Waals surface area contributed by atoms with E-state index in [0.29, 0.717) is 6.54 Å². The molecule has 2 aliphatic heterocycles. The molecule has 35 heavy (non-hydrogen) atoms. The zero-order valence-corrected chi connectivity index (χ0v) is 21.0. The molecule has 7 nitrogen and oxygen atoms in total. The van der Waals surface area contributed by atoms with Crippen LogP contribution in [0.1, 0.15) is 48.5 Å². The number of benzene rings is 2. The fraction of sp³-hybridized carbons (Fsp3) is 0.444. The fourth-order valence-electron chi connectivity index (χ4n) is 4.70. The maximum absolute atomic E-state index is 13.5. The number of piperidine rings is 1. The van der Waals surface area contributed by atoms with Crippen LogP contribution in [0.2, 0.25) is 0 Å². The van der Waals surface area contributed by atoms with Gasteiger partial charge in [0, 0.05) is 25.4 Å². The van der Waals surface area contributed by atoms with Gasteiger partial charge in [-0.05, 0) is 56.7 Å². The first-order valence-corrected chi connectivity index (χ1v) is 13.4. The zero-order valence-electron chi connectivity index (χ0n) is 20.2. The van der Waals surface area contributed by atoms with E-state index < -0.39 is 5.25 Å². The van der Waals surface area contributed by atoms with Crippen LogP contribution >= 0.6 is 11.8 Å². The second-order valence-corrected chi connectivity index (χ2v) is 10.4. The Kier molecular flexibility index (Phi) is 7.69. The molecule has 184 valence electrons. The van der Waals surface area contributed by atoms with E-state index in [1.54, 1.807) is 0 Å². The lowest BCUT2D eigenvalue weighted by atomic mass is 10.1. The van der Waals surface area contributed by atoms with Gasteiger partial charge in [0.1, 0.15) is 5.25 Å². The molecule has 2 saturated heterocycles. The number of aryl methyl sites for hydroxylation is 1. The molecule has 0 spiro atoms. The Labute approximate surface area is 211 Å². The highest BCUT2D eigenvalue weighted by Crippen LogP contribution is 2.37. The Morgan fingerprint density at radius 2 is 1.83 bits per heavy atom. The summed E-state index contributed by atoms with van der Waals surface area (Å²) in [5.41, 5.74) is 2.88. The molecule has 3 aromatic rings. The molecule has 8 heteroatoms. The molecule has 1 N–H and O–H groups in total. The van der Waals surface area contributed by atoms with E-state index in [-0.39, 0.29) is 12.0 Å². The van der Waals surface area contributed by atoms with E-state index in [0.717, 1.165) is 60.5 Å². The van der Waals surface area contributed by atoms with E-state index in [4.69, 9.17) is 4.74 Å². The highest BCUT2D eigenvalue weighted by atomic mass is 32.2. The number of carbonyl (C=O) groups is 1. The average Bonchev–Trinajstić information content (AvgIpc) is 3.55. The van der Waals surface area contributed by atoms with E-state index >= 15 is 0 Å². The van der Waals surface area contributed by atoms with Crippen molar-refractivity contribution >= 4 is 29.3 Å². The lowest BCUT2D eigenvalue weighted by Gasteiger charge is -2.28. The number of hydrogen-bond acceptors (Lipinski definition) is 6. The molecule has 0 bridgehead atoms. The number of ether oxygens (including phenoxy) is 1. The predicted molar refractivity (Wildman–Crippen MR) is 140 cm³/mol. The number of nitrogens with one attached hydrogen (secondary N) is 1. The summed E-state index contributed by atoms with van der Waals surface area (Å²) in [6.45, 7) is 5.53. The third-order valence-electron chi connectivity index (χ3n) is 6.63. The number of anilines is 2. The molecule has 2 aliphatic rings. The maximum atomic E-state index is 13.5. The Morgan fingerprint density at radius 3 is 2.54 bits per heavy atom. The van der Waals surface area contributed by atoms with Gasteiger partial charge < -0.3 is 15.0 Å². The molecule has 2 aromatic carbocycles. The predicted octanol–water partition coefficient (Wildman–Crippen LogP) is 5.23. The minimum absolute atomic E-state index is 0.0729. The first-order valence-electron chi connectivity index (χ1n) is 12.6. The van der Waals surface area contributed by atoms with Gasteiger partial charge in [0.05, 0.1) is 12.6 Å². The molecule has 2 atom stereocenters. The maximum Gasteiger partial charge on any atom is 0.242 e. The van der Waals surface area contributed by atoms with Crippen LogP contribution in [-0.4, -0.2) is 46.5 Å². The van der Waals surface area contributed by atoms with Crippen LogP contribution in [0.25, 0.3) is 0 Å². The monoisotopic (exact) mass is 491 g/mol. The zero-order chi connectivity index (χ0) is 24.0. The largest absolute Gasteiger partial charge is 0.376 e. The molecule has 3 heterocycles. The van der Waals surface area contributed by atoms with Gasteiger partial charge in [-0.2, -0.15) is 0 Å².